The molecule has 0 unspecified atom stereocenters. The summed E-state index contributed by atoms with van der Waals surface area (Å²) in [5.41, 5.74) is 0.896. The predicted octanol–water partition coefficient (Wildman–Crippen LogP) is 4.26. The van der Waals surface area contributed by atoms with Crippen molar-refractivity contribution < 1.29 is 4.79 Å². The molecule has 102 valence electrons. The lowest BCUT2D eigenvalue weighted by Crippen LogP contribution is -2.12. The molecule has 0 aliphatic carbocycles. The number of aromatic nitrogens is 2. The second-order valence-electron chi connectivity index (χ2n) is 4.27. The average Bonchev–Trinajstić information content (AvgIpc) is 2.84. The molecule has 0 bridgehead atoms. The van der Waals surface area contributed by atoms with Crippen molar-refractivity contribution in [2.24, 2.45) is 0 Å². The first-order valence-corrected chi connectivity index (χ1v) is 7.31. The van der Waals surface area contributed by atoms with Crippen molar-refractivity contribution in [3.63, 3.8) is 0 Å². The Kier molecular flexibility index (Phi) is 3.41. The molecule has 1 N–H and O–H groups in total. The van der Waals surface area contributed by atoms with E-state index in [-0.39, 0.29) is 5.91 Å². The fourth-order valence-electron chi connectivity index (χ4n) is 1.84. The van der Waals surface area contributed by atoms with Crippen LogP contribution in [0.3, 0.4) is 0 Å². The van der Waals surface area contributed by atoms with Gasteiger partial charge in [-0.3, -0.25) is 9.20 Å². The van der Waals surface area contributed by atoms with Crippen LogP contribution in [0.4, 0.5) is 5.69 Å². The Bertz CT molecular complexity index is 757. The van der Waals surface area contributed by atoms with E-state index in [0.717, 1.165) is 9.84 Å². The lowest BCUT2D eigenvalue weighted by Gasteiger charge is -2.04. The molecule has 2 heterocycles. The van der Waals surface area contributed by atoms with Gasteiger partial charge in [0.25, 0.3) is 5.91 Å². The van der Waals surface area contributed by atoms with Crippen LogP contribution in [0.2, 0.25) is 10.0 Å². The van der Waals surface area contributed by atoms with E-state index >= 15 is 0 Å². The van der Waals surface area contributed by atoms with Gasteiger partial charge >= 0.3 is 0 Å². The predicted molar refractivity (Wildman–Crippen MR) is 82.2 cm³/mol. The van der Waals surface area contributed by atoms with Crippen LogP contribution < -0.4 is 5.32 Å². The number of anilines is 1. The van der Waals surface area contributed by atoms with E-state index in [1.165, 1.54) is 11.3 Å². The zero-order valence-electron chi connectivity index (χ0n) is 10.4. The topological polar surface area (TPSA) is 46.4 Å². The van der Waals surface area contributed by atoms with Gasteiger partial charge in [0.2, 0.25) is 0 Å². The summed E-state index contributed by atoms with van der Waals surface area (Å²) in [6, 6.07) is 4.87. The van der Waals surface area contributed by atoms with E-state index in [1.807, 2.05) is 17.5 Å². The summed E-state index contributed by atoms with van der Waals surface area (Å²) < 4.78 is 1.83. The van der Waals surface area contributed by atoms with Gasteiger partial charge in [0.05, 0.1) is 0 Å². The fourth-order valence-corrected chi connectivity index (χ4v) is 3.18. The summed E-state index contributed by atoms with van der Waals surface area (Å²) in [6.45, 7) is 1.99. The third kappa shape index (κ3) is 2.65. The van der Waals surface area contributed by atoms with Crippen LogP contribution in [0.25, 0.3) is 4.96 Å². The van der Waals surface area contributed by atoms with Crippen LogP contribution >= 0.6 is 34.5 Å². The van der Waals surface area contributed by atoms with E-state index in [1.54, 1.807) is 24.4 Å². The monoisotopic (exact) mass is 325 g/mol. The van der Waals surface area contributed by atoms with Gasteiger partial charge in [-0.25, -0.2) is 4.98 Å². The molecule has 3 aromatic rings. The number of halogens is 2. The SMILES string of the molecule is Cc1cn2cc(C(=O)Nc3cc(Cl)cc(Cl)c3)nc2s1. The number of thiazole rings is 1. The molecule has 1 amide bonds. The molecule has 4 nitrogen and oxygen atoms in total. The number of fused-ring (bicyclic) bond motifs is 1. The number of amides is 1. The number of benzene rings is 1. The number of imidazole rings is 1. The molecule has 0 fully saturated rings. The third-order valence-electron chi connectivity index (χ3n) is 2.62. The summed E-state index contributed by atoms with van der Waals surface area (Å²) in [6.07, 6.45) is 3.63. The van der Waals surface area contributed by atoms with Crippen molar-refractivity contribution in [2.75, 3.05) is 5.32 Å². The van der Waals surface area contributed by atoms with E-state index in [4.69, 9.17) is 23.2 Å². The largest absolute Gasteiger partial charge is 0.320 e. The minimum absolute atomic E-state index is 0.295. The number of nitrogens with one attached hydrogen (secondary N) is 1. The number of aryl methyl sites for hydroxylation is 1. The van der Waals surface area contributed by atoms with Gasteiger partial charge in [0.15, 0.2) is 4.96 Å². The smallest absolute Gasteiger partial charge is 0.275 e. The quantitative estimate of drug-likeness (QED) is 0.765. The van der Waals surface area contributed by atoms with E-state index in [0.29, 0.717) is 21.4 Å². The van der Waals surface area contributed by atoms with Crippen LogP contribution in [0, 0.1) is 6.92 Å². The normalized spacial score (nSPS) is 10.9. The molecule has 0 atom stereocenters. The first-order chi connectivity index (χ1) is 9.51. The highest BCUT2D eigenvalue weighted by atomic mass is 35.5. The maximum Gasteiger partial charge on any atom is 0.275 e. The van der Waals surface area contributed by atoms with E-state index < -0.39 is 0 Å². The molecular formula is C13H9Cl2N3OS. The maximum atomic E-state index is 12.1. The summed E-state index contributed by atoms with van der Waals surface area (Å²) in [5.74, 6) is -0.295. The number of nitrogens with zero attached hydrogens (tertiary/aromatic N) is 2. The highest BCUT2D eigenvalue weighted by Gasteiger charge is 2.13. The van der Waals surface area contributed by atoms with Crippen molar-refractivity contribution in [1.29, 1.82) is 0 Å². The van der Waals surface area contributed by atoms with E-state index in [9.17, 15) is 4.79 Å². The van der Waals surface area contributed by atoms with Gasteiger partial charge in [0.1, 0.15) is 5.69 Å². The molecule has 0 aliphatic heterocycles. The molecule has 2 aromatic heterocycles. The number of carbonyl (C=O) groups is 1. The lowest BCUT2D eigenvalue weighted by atomic mass is 10.3. The van der Waals surface area contributed by atoms with Crippen molar-refractivity contribution in [3.8, 4) is 0 Å². The van der Waals surface area contributed by atoms with Crippen molar-refractivity contribution in [3.05, 3.63) is 51.2 Å². The number of hydrogen-bond acceptors (Lipinski definition) is 3. The van der Waals surface area contributed by atoms with E-state index in [2.05, 4.69) is 10.3 Å². The van der Waals surface area contributed by atoms with Crippen LogP contribution in [0.1, 0.15) is 15.4 Å². The maximum absolute atomic E-state index is 12.1. The summed E-state index contributed by atoms with van der Waals surface area (Å²) in [7, 11) is 0. The standard InChI is InChI=1S/C13H9Cl2N3OS/c1-7-5-18-6-11(17-13(18)20-7)12(19)16-10-3-8(14)2-9(15)4-10/h2-6H,1H3,(H,16,19). The number of rotatable bonds is 2. The van der Waals surface area contributed by atoms with Crippen molar-refractivity contribution >= 4 is 51.1 Å². The molecular weight excluding hydrogens is 317 g/mol. The van der Waals surface area contributed by atoms with Gasteiger partial charge in [0, 0.05) is 33.0 Å². The molecule has 0 spiro atoms. The van der Waals surface area contributed by atoms with Gasteiger partial charge in [-0.1, -0.05) is 23.2 Å². The molecule has 0 aliphatic rings. The molecule has 0 saturated carbocycles. The minimum Gasteiger partial charge on any atom is -0.320 e. The van der Waals surface area contributed by atoms with Gasteiger partial charge < -0.3 is 5.32 Å². The Balaban J connectivity index is 1.86. The molecule has 7 heteroatoms. The van der Waals surface area contributed by atoms with Crippen LogP contribution in [0.15, 0.2) is 30.6 Å². The third-order valence-corrected chi connectivity index (χ3v) is 3.97. The highest BCUT2D eigenvalue weighted by molar-refractivity contribution is 7.17. The minimum atomic E-state index is -0.295. The van der Waals surface area contributed by atoms with Crippen molar-refractivity contribution in [2.45, 2.75) is 6.92 Å². The second-order valence-corrected chi connectivity index (χ2v) is 6.36. The summed E-state index contributed by atoms with van der Waals surface area (Å²) in [5, 5.41) is 3.66. The summed E-state index contributed by atoms with van der Waals surface area (Å²) >= 11 is 13.3. The molecule has 0 saturated heterocycles. The summed E-state index contributed by atoms with van der Waals surface area (Å²) in [4.78, 5) is 18.3. The lowest BCUT2D eigenvalue weighted by molar-refractivity contribution is 0.102. The van der Waals surface area contributed by atoms with Crippen molar-refractivity contribution in [1.82, 2.24) is 9.38 Å². The molecule has 20 heavy (non-hydrogen) atoms. The second kappa shape index (κ2) is 5.09. The molecule has 1 aromatic carbocycles. The number of hydrogen-bond donors (Lipinski definition) is 1. The Morgan fingerprint density at radius 1 is 1.25 bits per heavy atom. The molecule has 3 rings (SSSR count). The Labute approximate surface area is 129 Å². The number of carbonyl (C=O) groups excluding carboxylic acids is 1. The fraction of sp³-hybridized carbons (Fsp3) is 0.0769. The first-order valence-electron chi connectivity index (χ1n) is 5.74. The first kappa shape index (κ1) is 13.4. The Morgan fingerprint density at radius 3 is 2.60 bits per heavy atom. The zero-order chi connectivity index (χ0) is 14.3. The molecule has 0 radical (unpaired) electrons. The Morgan fingerprint density at radius 2 is 1.95 bits per heavy atom. The van der Waals surface area contributed by atoms with Gasteiger partial charge in [-0.2, -0.15) is 0 Å². The van der Waals surface area contributed by atoms with Crippen LogP contribution in [-0.2, 0) is 0 Å². The van der Waals surface area contributed by atoms with Crippen LogP contribution in [0.5, 0.6) is 0 Å². The highest BCUT2D eigenvalue weighted by Crippen LogP contribution is 2.23. The van der Waals surface area contributed by atoms with Gasteiger partial charge in [-0.15, -0.1) is 11.3 Å². The average molecular weight is 326 g/mol. The van der Waals surface area contributed by atoms with Crippen LogP contribution in [-0.4, -0.2) is 15.3 Å². The van der Waals surface area contributed by atoms with Gasteiger partial charge in [-0.05, 0) is 25.1 Å². The Hall–Kier alpha value is -1.56. The zero-order valence-corrected chi connectivity index (χ0v) is 12.7.